The van der Waals surface area contributed by atoms with Crippen molar-refractivity contribution in [1.82, 2.24) is 0 Å². The molecule has 2 aromatic rings. The normalized spacial score (nSPS) is 11.5. The lowest BCUT2D eigenvalue weighted by Crippen LogP contribution is -2.25. The molecule has 0 radical (unpaired) electrons. The number of nitriles is 1. The van der Waals surface area contributed by atoms with E-state index in [1.54, 1.807) is 30.3 Å². The quantitative estimate of drug-likeness (QED) is 0.891. The summed E-state index contributed by atoms with van der Waals surface area (Å²) >= 11 is 5.90. The maximum atomic E-state index is 9.84. The minimum Gasteiger partial charge on any atom is -0.491 e. The van der Waals surface area contributed by atoms with Crippen LogP contribution in [0.1, 0.15) is 5.56 Å². The van der Waals surface area contributed by atoms with E-state index in [-0.39, 0.29) is 18.8 Å². The fourth-order valence-corrected chi connectivity index (χ4v) is 1.88. The molecule has 0 saturated carbocycles. The Bertz CT molecular complexity index is 625. The van der Waals surface area contributed by atoms with E-state index in [2.05, 4.69) is 0 Å². The third-order valence-electron chi connectivity index (χ3n) is 2.70. The summed E-state index contributed by atoms with van der Waals surface area (Å²) in [5.41, 5.74) is 0.260. The lowest BCUT2D eigenvalue weighted by molar-refractivity contribution is 0.0625. The molecule has 0 saturated heterocycles. The highest BCUT2D eigenvalue weighted by Crippen LogP contribution is 2.25. The summed E-state index contributed by atoms with van der Waals surface area (Å²) in [7, 11) is 0. The highest BCUT2D eigenvalue weighted by molar-refractivity contribution is 6.31. The van der Waals surface area contributed by atoms with E-state index >= 15 is 0 Å². The number of ether oxygens (including phenoxy) is 2. The van der Waals surface area contributed by atoms with E-state index in [1.807, 2.05) is 24.3 Å². The van der Waals surface area contributed by atoms with Crippen molar-refractivity contribution in [2.24, 2.45) is 0 Å². The third-order valence-corrected chi connectivity index (χ3v) is 3.02. The van der Waals surface area contributed by atoms with Gasteiger partial charge in [0.25, 0.3) is 0 Å². The minimum atomic E-state index is -0.810. The Morgan fingerprint density at radius 1 is 1.05 bits per heavy atom. The van der Waals surface area contributed by atoms with Gasteiger partial charge in [0.2, 0.25) is 0 Å². The summed E-state index contributed by atoms with van der Waals surface area (Å²) in [5, 5.41) is 19.2. The summed E-state index contributed by atoms with van der Waals surface area (Å²) in [6, 6.07) is 16.1. The van der Waals surface area contributed by atoms with E-state index in [1.165, 1.54) is 0 Å². The summed E-state index contributed by atoms with van der Waals surface area (Å²) in [5.74, 6) is 1.03. The molecular formula is C16H14ClNO3. The van der Waals surface area contributed by atoms with Gasteiger partial charge in [-0.05, 0) is 24.3 Å². The van der Waals surface area contributed by atoms with Gasteiger partial charge in [0.1, 0.15) is 42.4 Å². The summed E-state index contributed by atoms with van der Waals surface area (Å²) in [4.78, 5) is 0. The van der Waals surface area contributed by atoms with E-state index in [4.69, 9.17) is 26.3 Å². The first-order valence-electron chi connectivity index (χ1n) is 6.38. The number of nitrogens with zero attached hydrogens (tertiary/aromatic N) is 1. The molecule has 0 amide bonds. The van der Waals surface area contributed by atoms with Gasteiger partial charge in [0, 0.05) is 0 Å². The largest absolute Gasteiger partial charge is 0.491 e. The average Bonchev–Trinajstić information content (AvgIpc) is 2.52. The van der Waals surface area contributed by atoms with Gasteiger partial charge in [-0.1, -0.05) is 35.9 Å². The van der Waals surface area contributed by atoms with E-state index in [0.29, 0.717) is 16.5 Å². The molecule has 0 aliphatic rings. The fourth-order valence-electron chi connectivity index (χ4n) is 1.68. The molecule has 108 valence electrons. The van der Waals surface area contributed by atoms with Gasteiger partial charge in [0.15, 0.2) is 0 Å². The molecule has 5 heteroatoms. The Kier molecular flexibility index (Phi) is 5.44. The lowest BCUT2D eigenvalue weighted by Gasteiger charge is -2.14. The molecular weight excluding hydrogens is 290 g/mol. The summed E-state index contributed by atoms with van der Waals surface area (Å²) < 4.78 is 10.8. The van der Waals surface area contributed by atoms with Gasteiger partial charge in [0.05, 0.1) is 5.02 Å². The first kappa shape index (κ1) is 15.2. The van der Waals surface area contributed by atoms with Crippen LogP contribution in [0.3, 0.4) is 0 Å². The molecule has 0 spiro atoms. The van der Waals surface area contributed by atoms with Crippen LogP contribution in [0.2, 0.25) is 5.02 Å². The second-order valence-corrected chi connectivity index (χ2v) is 4.72. The number of para-hydroxylation sites is 1. The Balaban J connectivity index is 1.86. The van der Waals surface area contributed by atoms with Gasteiger partial charge in [-0.2, -0.15) is 5.26 Å². The zero-order chi connectivity index (χ0) is 15.1. The van der Waals surface area contributed by atoms with Crippen LogP contribution in [0.15, 0.2) is 48.5 Å². The topological polar surface area (TPSA) is 62.5 Å². The van der Waals surface area contributed by atoms with Crippen LogP contribution < -0.4 is 9.47 Å². The van der Waals surface area contributed by atoms with Crippen molar-refractivity contribution in [3.63, 3.8) is 0 Å². The maximum absolute atomic E-state index is 9.84. The average molecular weight is 304 g/mol. The fraction of sp³-hybridized carbons (Fsp3) is 0.188. The second kappa shape index (κ2) is 7.53. The summed E-state index contributed by atoms with van der Waals surface area (Å²) in [6.45, 7) is 0.119. The Labute approximate surface area is 128 Å². The molecule has 21 heavy (non-hydrogen) atoms. The second-order valence-electron chi connectivity index (χ2n) is 4.31. The van der Waals surface area contributed by atoms with Gasteiger partial charge in [-0.3, -0.25) is 0 Å². The molecule has 0 aromatic heterocycles. The Morgan fingerprint density at radius 2 is 1.76 bits per heavy atom. The third kappa shape index (κ3) is 4.38. The Morgan fingerprint density at radius 3 is 2.48 bits per heavy atom. The number of benzene rings is 2. The van der Waals surface area contributed by atoms with E-state index in [0.717, 1.165) is 0 Å². The predicted octanol–water partition coefficient (Wildman–Crippen LogP) is 3.03. The van der Waals surface area contributed by atoms with Crippen molar-refractivity contribution >= 4 is 11.6 Å². The molecule has 0 heterocycles. The van der Waals surface area contributed by atoms with Crippen LogP contribution in [0.4, 0.5) is 0 Å². The Hall–Kier alpha value is -2.22. The smallest absolute Gasteiger partial charge is 0.138 e. The van der Waals surface area contributed by atoms with E-state index < -0.39 is 6.10 Å². The lowest BCUT2D eigenvalue weighted by atomic mass is 10.2. The zero-order valence-electron chi connectivity index (χ0n) is 11.2. The monoisotopic (exact) mass is 303 g/mol. The SMILES string of the molecule is N#Cc1c(Cl)cccc1OCC(O)COc1ccccc1. The zero-order valence-corrected chi connectivity index (χ0v) is 12.0. The first-order valence-corrected chi connectivity index (χ1v) is 6.76. The van der Waals surface area contributed by atoms with Gasteiger partial charge in [-0.15, -0.1) is 0 Å². The van der Waals surface area contributed by atoms with Crippen LogP contribution in [0.5, 0.6) is 11.5 Å². The van der Waals surface area contributed by atoms with Crippen LogP contribution in [0.25, 0.3) is 0 Å². The first-order chi connectivity index (χ1) is 10.2. The number of aliphatic hydroxyl groups excluding tert-OH is 1. The van der Waals surface area contributed by atoms with Crippen molar-refractivity contribution in [3.05, 3.63) is 59.1 Å². The molecule has 1 N–H and O–H groups in total. The molecule has 2 aromatic carbocycles. The molecule has 1 atom stereocenters. The highest BCUT2D eigenvalue weighted by atomic mass is 35.5. The van der Waals surface area contributed by atoms with Crippen LogP contribution >= 0.6 is 11.6 Å². The van der Waals surface area contributed by atoms with Crippen molar-refractivity contribution in [2.45, 2.75) is 6.10 Å². The highest BCUT2D eigenvalue weighted by Gasteiger charge is 2.11. The molecule has 0 bridgehead atoms. The summed E-state index contributed by atoms with van der Waals surface area (Å²) in [6.07, 6.45) is -0.810. The van der Waals surface area contributed by atoms with Crippen molar-refractivity contribution in [1.29, 1.82) is 5.26 Å². The van der Waals surface area contributed by atoms with Crippen LogP contribution in [-0.2, 0) is 0 Å². The molecule has 2 rings (SSSR count). The number of hydrogen-bond acceptors (Lipinski definition) is 4. The van der Waals surface area contributed by atoms with Crippen LogP contribution in [-0.4, -0.2) is 24.4 Å². The molecule has 0 fully saturated rings. The molecule has 0 aliphatic carbocycles. The number of halogens is 1. The molecule has 4 nitrogen and oxygen atoms in total. The van der Waals surface area contributed by atoms with Crippen molar-refractivity contribution < 1.29 is 14.6 Å². The van der Waals surface area contributed by atoms with Crippen molar-refractivity contribution in [3.8, 4) is 17.6 Å². The maximum Gasteiger partial charge on any atom is 0.138 e. The number of hydrogen-bond donors (Lipinski definition) is 1. The van der Waals surface area contributed by atoms with E-state index in [9.17, 15) is 5.11 Å². The molecule has 0 aliphatic heterocycles. The van der Waals surface area contributed by atoms with Gasteiger partial charge >= 0.3 is 0 Å². The number of aliphatic hydroxyl groups is 1. The van der Waals surface area contributed by atoms with Crippen LogP contribution in [0, 0.1) is 11.3 Å². The molecule has 1 unspecified atom stereocenters. The van der Waals surface area contributed by atoms with Gasteiger partial charge < -0.3 is 14.6 Å². The van der Waals surface area contributed by atoms with Crippen molar-refractivity contribution in [2.75, 3.05) is 13.2 Å². The van der Waals surface area contributed by atoms with Gasteiger partial charge in [-0.25, -0.2) is 0 Å². The minimum absolute atomic E-state index is 0.0157. The number of rotatable bonds is 6. The standard InChI is InChI=1S/C16H14ClNO3/c17-15-7-4-8-16(14(15)9-18)21-11-12(19)10-20-13-5-2-1-3-6-13/h1-8,12,19H,10-11H2. The predicted molar refractivity (Wildman–Crippen MR) is 79.6 cm³/mol.